The summed E-state index contributed by atoms with van der Waals surface area (Å²) in [6.45, 7) is 4.52. The third-order valence-electron chi connectivity index (χ3n) is 5.88. The summed E-state index contributed by atoms with van der Waals surface area (Å²) >= 11 is 0. The van der Waals surface area contributed by atoms with Crippen LogP contribution in [0.2, 0.25) is 0 Å². The predicted molar refractivity (Wildman–Crippen MR) is 82.4 cm³/mol. The van der Waals surface area contributed by atoms with Gasteiger partial charge in [0.2, 0.25) is 11.8 Å². The summed E-state index contributed by atoms with van der Waals surface area (Å²) < 4.78 is 11.7. The Bertz CT molecular complexity index is 726. The number of nitrogens with zero attached hydrogens (tertiary/aromatic N) is 2. The number of nitrogens with one attached hydrogen (secondary N) is 2. The lowest BCUT2D eigenvalue weighted by Gasteiger charge is -2.38. The van der Waals surface area contributed by atoms with Crippen LogP contribution in [0.4, 0.5) is 6.01 Å². The quantitative estimate of drug-likeness (QED) is 0.680. The zero-order chi connectivity index (χ0) is 16.4. The molecule has 4 aliphatic rings. The summed E-state index contributed by atoms with van der Waals surface area (Å²) in [5, 5.41) is 5.76. The van der Waals surface area contributed by atoms with Gasteiger partial charge in [-0.15, -0.1) is 0 Å². The van der Waals surface area contributed by atoms with Gasteiger partial charge in [-0.3, -0.25) is 14.9 Å². The molecule has 3 saturated heterocycles. The highest BCUT2D eigenvalue weighted by Crippen LogP contribution is 2.42. The van der Waals surface area contributed by atoms with E-state index in [0.717, 1.165) is 32.6 Å². The van der Waals surface area contributed by atoms with Gasteiger partial charge in [-0.1, -0.05) is 0 Å². The molecule has 0 bridgehead atoms. The van der Waals surface area contributed by atoms with Gasteiger partial charge in [0.15, 0.2) is 0 Å². The van der Waals surface area contributed by atoms with Gasteiger partial charge in [0.1, 0.15) is 16.9 Å². The van der Waals surface area contributed by atoms with Crippen LogP contribution in [0.15, 0.2) is 4.42 Å². The number of fused-ring (bicyclic) bond motifs is 2. The second-order valence-corrected chi connectivity index (χ2v) is 7.50. The molecule has 1 atom stereocenters. The molecule has 24 heavy (non-hydrogen) atoms. The van der Waals surface area contributed by atoms with Crippen molar-refractivity contribution >= 4 is 17.8 Å². The smallest absolute Gasteiger partial charge is 0.297 e. The van der Waals surface area contributed by atoms with Crippen LogP contribution in [0.5, 0.6) is 0 Å². The standard InChI is InChI=1S/C16H20N4O4/c21-11-1-2-16(13(22)19-11)9-23-5-10-12(16)24-14(18-10)20-4-3-15(8-20)6-17-7-15/h17H,1-9H2,(H,19,21,22). The molecular formula is C16H20N4O4. The minimum atomic E-state index is -0.915. The van der Waals surface area contributed by atoms with E-state index in [-0.39, 0.29) is 18.4 Å². The van der Waals surface area contributed by atoms with Crippen molar-refractivity contribution in [2.45, 2.75) is 31.3 Å². The minimum absolute atomic E-state index is 0.238. The Morgan fingerprint density at radius 2 is 2.08 bits per heavy atom. The van der Waals surface area contributed by atoms with E-state index in [9.17, 15) is 9.59 Å². The van der Waals surface area contributed by atoms with Gasteiger partial charge in [0.25, 0.3) is 6.01 Å². The summed E-state index contributed by atoms with van der Waals surface area (Å²) in [5.41, 5.74) is 0.119. The fourth-order valence-electron chi connectivity index (χ4n) is 4.30. The summed E-state index contributed by atoms with van der Waals surface area (Å²) in [7, 11) is 0. The molecule has 2 amide bonds. The SMILES string of the molecule is O=C1CCC2(COCc3nc(N4CCC5(CNC5)C4)oc32)C(=O)N1. The Labute approximate surface area is 138 Å². The molecule has 1 aromatic rings. The molecule has 0 radical (unpaired) electrons. The molecule has 5 heterocycles. The Balaban J connectivity index is 1.48. The molecule has 0 aliphatic carbocycles. The highest BCUT2D eigenvalue weighted by atomic mass is 16.5. The lowest BCUT2D eigenvalue weighted by atomic mass is 9.76. The van der Waals surface area contributed by atoms with Crippen molar-refractivity contribution in [3.63, 3.8) is 0 Å². The van der Waals surface area contributed by atoms with Crippen LogP contribution >= 0.6 is 0 Å². The molecule has 1 aromatic heterocycles. The van der Waals surface area contributed by atoms with Crippen LogP contribution in [-0.2, 0) is 26.3 Å². The molecule has 0 saturated carbocycles. The average Bonchev–Trinajstić information content (AvgIpc) is 3.15. The van der Waals surface area contributed by atoms with Crippen molar-refractivity contribution in [2.24, 2.45) is 5.41 Å². The van der Waals surface area contributed by atoms with Gasteiger partial charge in [-0.05, 0) is 12.8 Å². The van der Waals surface area contributed by atoms with Crippen LogP contribution in [-0.4, -0.2) is 49.6 Å². The van der Waals surface area contributed by atoms with E-state index >= 15 is 0 Å². The number of hydrogen-bond donors (Lipinski definition) is 2. The maximum atomic E-state index is 12.5. The molecule has 2 spiro atoms. The predicted octanol–water partition coefficient (Wildman–Crippen LogP) is -0.321. The zero-order valence-electron chi connectivity index (χ0n) is 13.4. The molecule has 2 N–H and O–H groups in total. The average molecular weight is 332 g/mol. The number of aromatic nitrogens is 1. The molecule has 0 aromatic carbocycles. The highest BCUT2D eigenvalue weighted by molar-refractivity contribution is 6.03. The fourth-order valence-corrected chi connectivity index (χ4v) is 4.30. The number of piperidine rings is 1. The zero-order valence-corrected chi connectivity index (χ0v) is 13.4. The lowest BCUT2D eigenvalue weighted by Crippen LogP contribution is -2.55. The first-order valence-electron chi connectivity index (χ1n) is 8.48. The van der Waals surface area contributed by atoms with Crippen LogP contribution < -0.4 is 15.5 Å². The molecule has 4 aliphatic heterocycles. The summed E-state index contributed by atoms with van der Waals surface area (Å²) in [6.07, 6.45) is 1.83. The first-order valence-corrected chi connectivity index (χ1v) is 8.48. The van der Waals surface area contributed by atoms with Crippen molar-refractivity contribution in [3.05, 3.63) is 11.5 Å². The van der Waals surface area contributed by atoms with Gasteiger partial charge in [0, 0.05) is 38.0 Å². The summed E-state index contributed by atoms with van der Waals surface area (Å²) in [6, 6.07) is 0.582. The Morgan fingerprint density at radius 3 is 2.79 bits per heavy atom. The summed E-state index contributed by atoms with van der Waals surface area (Å²) in [5.74, 6) is 0.0152. The van der Waals surface area contributed by atoms with Gasteiger partial charge in [-0.25, -0.2) is 0 Å². The molecule has 8 heteroatoms. The number of carbonyl (C=O) groups excluding carboxylic acids is 2. The number of amides is 2. The first kappa shape index (κ1) is 14.4. The van der Waals surface area contributed by atoms with Gasteiger partial charge in [-0.2, -0.15) is 4.98 Å². The Hall–Kier alpha value is -1.93. The maximum absolute atomic E-state index is 12.5. The number of hydrogen-bond acceptors (Lipinski definition) is 7. The van der Waals surface area contributed by atoms with E-state index in [1.165, 1.54) is 0 Å². The van der Waals surface area contributed by atoms with Gasteiger partial charge < -0.3 is 19.4 Å². The minimum Gasteiger partial charge on any atom is -0.427 e. The highest BCUT2D eigenvalue weighted by Gasteiger charge is 2.52. The molecular weight excluding hydrogens is 312 g/mol. The number of imide groups is 1. The van der Waals surface area contributed by atoms with Crippen LogP contribution in [0.1, 0.15) is 30.7 Å². The number of ether oxygens (including phenoxy) is 1. The molecule has 8 nitrogen and oxygen atoms in total. The van der Waals surface area contributed by atoms with Crippen molar-refractivity contribution < 1.29 is 18.7 Å². The second-order valence-electron chi connectivity index (χ2n) is 7.50. The van der Waals surface area contributed by atoms with Crippen molar-refractivity contribution in [3.8, 4) is 0 Å². The maximum Gasteiger partial charge on any atom is 0.297 e. The number of rotatable bonds is 1. The van der Waals surface area contributed by atoms with Crippen molar-refractivity contribution in [1.82, 2.24) is 15.6 Å². The van der Waals surface area contributed by atoms with Crippen molar-refractivity contribution in [1.29, 1.82) is 0 Å². The first-order chi connectivity index (χ1) is 11.6. The second kappa shape index (κ2) is 4.80. The van der Waals surface area contributed by atoms with Crippen LogP contribution in [0, 0.1) is 5.41 Å². The molecule has 128 valence electrons. The number of oxazole rings is 1. The fraction of sp³-hybridized carbons (Fsp3) is 0.688. The topological polar surface area (TPSA) is 96.7 Å². The van der Waals surface area contributed by atoms with Crippen LogP contribution in [0.25, 0.3) is 0 Å². The van der Waals surface area contributed by atoms with Gasteiger partial charge in [0.05, 0.1) is 13.2 Å². The third-order valence-corrected chi connectivity index (χ3v) is 5.88. The van der Waals surface area contributed by atoms with E-state index < -0.39 is 5.41 Å². The Morgan fingerprint density at radius 1 is 1.21 bits per heavy atom. The molecule has 1 unspecified atom stereocenters. The van der Waals surface area contributed by atoms with E-state index in [1.54, 1.807) is 0 Å². The largest absolute Gasteiger partial charge is 0.427 e. The number of anilines is 1. The molecule has 3 fully saturated rings. The van der Waals surface area contributed by atoms with Crippen LogP contribution in [0.3, 0.4) is 0 Å². The van der Waals surface area contributed by atoms with E-state index in [2.05, 4.69) is 20.5 Å². The van der Waals surface area contributed by atoms with Gasteiger partial charge >= 0.3 is 0 Å². The van der Waals surface area contributed by atoms with Crippen molar-refractivity contribution in [2.75, 3.05) is 37.7 Å². The van der Waals surface area contributed by atoms with E-state index in [1.807, 2.05) is 0 Å². The monoisotopic (exact) mass is 332 g/mol. The number of carbonyl (C=O) groups is 2. The third kappa shape index (κ3) is 1.89. The normalized spacial score (nSPS) is 31.2. The van der Waals surface area contributed by atoms with E-state index in [0.29, 0.717) is 42.3 Å². The summed E-state index contributed by atoms with van der Waals surface area (Å²) in [4.78, 5) is 30.8. The Kier molecular flexibility index (Phi) is 2.88. The molecule has 5 rings (SSSR count). The lowest BCUT2D eigenvalue weighted by molar-refractivity contribution is -0.142. The van der Waals surface area contributed by atoms with E-state index in [4.69, 9.17) is 9.15 Å².